The highest BCUT2D eigenvalue weighted by Crippen LogP contribution is 2.40. The van der Waals surface area contributed by atoms with Gasteiger partial charge in [0.05, 0.1) is 57.8 Å². The van der Waals surface area contributed by atoms with Gasteiger partial charge in [-0.25, -0.2) is 0 Å². The highest BCUT2D eigenvalue weighted by Gasteiger charge is 2.61. The number of rotatable bonds is 11. The van der Waals surface area contributed by atoms with Crippen LogP contribution in [0.2, 0.25) is 0 Å². The molecule has 30 aliphatic rings. The summed E-state index contributed by atoms with van der Waals surface area (Å²) in [5.74, 6) is 0. The van der Waals surface area contributed by atoms with Gasteiger partial charge in [-0.1, -0.05) is 17.7 Å². The summed E-state index contributed by atoms with van der Waals surface area (Å²) in [5.41, 5.74) is 1.12. The van der Waals surface area contributed by atoms with E-state index in [2.05, 4.69) is 0 Å². The van der Waals surface area contributed by atoms with Crippen LogP contribution in [0.3, 0.4) is 0 Å². The molecule has 1 aromatic rings. The van der Waals surface area contributed by atoms with Crippen molar-refractivity contribution in [2.45, 2.75) is 271 Å². The number of aliphatic hydroxyl groups excluding tert-OH is 23. The van der Waals surface area contributed by atoms with Gasteiger partial charge in [-0.2, -0.15) is 8.42 Å². The number of hydrogen-bond donors (Lipinski definition) is 23. The Bertz CT molecular complexity index is 2850. The molecule has 30 heterocycles. The second-order valence-corrected chi connectivity index (χ2v) is 27.3. The smallest absolute Gasteiger partial charge is 0.297 e. The van der Waals surface area contributed by atoms with Crippen molar-refractivity contribution in [2.75, 3.05) is 52.9 Å². The minimum absolute atomic E-state index is 0.223. The maximum Gasteiger partial charge on any atom is 0.297 e. The van der Waals surface area contributed by atoms with Crippen molar-refractivity contribution >= 4 is 10.1 Å². The van der Waals surface area contributed by atoms with Gasteiger partial charge in [-0.15, -0.1) is 0 Å². The van der Waals surface area contributed by atoms with E-state index in [1.807, 2.05) is 0 Å². The van der Waals surface area contributed by atoms with Crippen LogP contribution in [0.4, 0.5) is 0 Å². The van der Waals surface area contributed by atoms with Gasteiger partial charge in [0.25, 0.3) is 10.1 Å². The summed E-state index contributed by atoms with van der Waals surface area (Å²) in [6.45, 7) is -4.38. The molecule has 0 spiro atoms. The summed E-state index contributed by atoms with van der Waals surface area (Å²) in [5, 5.41) is 259. The normalized spacial score (nSPS) is 50.3. The summed E-state index contributed by atoms with van der Waals surface area (Å²) in [7, 11) is -4.82. The SMILES string of the molecule is Cc1cc(C)c(S(=O)(=O)OCC2O[C@@H]3O[C@H]4[C@H](O)[C@@H](O)[C@@H](O[C@H]5[C@H](O)[C@@H](O)[C@@H](O[C@H]6[C@H](O)[C@@H](O)[C@@H](O[C@@H]7C(CO)O[C@H](O[C@H]8[C@H](O)[C@@H](O)[C@@H](O[C@@H]9C(CO)O[C@H](O[C@H]%10[C@H](O)[C@@H](O)[C@@H](O[C@H]2[C@H](O)[C@H]3O)O[C@@H]%10CO)[C@H](O)[C@H]9O)O[C@@H]8CO)[C@H](O)[C@H]7O)O[C@@H]6CO)O[C@@H]5CO)O[C@@H]4CO)c(C)c1. The Morgan fingerprint density at radius 2 is 0.430 bits per heavy atom. The standard InChI is InChI=1S/C57H90O42S/c1-14-4-15(2)49(16(3)5-14)100(81,82)83-13-24-48-32(72)40(80)57(91-24)98-47-23(12-64)89-55(38(78)30(47)70)96-45-21(10-62)87-53(36(76)28(45)68)94-43-19(8-60)85-51(34(74)26(43)66)92-41-17(6-58)84-50(33(73)25(41)65)93-42-18(7-59)86-52(35(75)27(42)67)95-44-20(9-61)88-54(37(77)29(44)69)97-46-22(11-63)90-56(99-48)39(79)31(46)71/h4-5,17-48,50-80H,6-13H2,1-3H3/t17?,18-,19-,20?,21-,22-,23-,24?,25-,26-,27-,28-,29-,30-,31-,32-,33-,34-,35-,36-,37-,38-,39-,40-,41-,42-,43-,44-,45-,46-,47-,48-,50-,51-,52-,53-,54-,55-,56-,57-/m1/s1. The van der Waals surface area contributed by atoms with Crippen molar-refractivity contribution in [3.63, 3.8) is 0 Å². The third-order valence-corrected chi connectivity index (χ3v) is 20.5. The van der Waals surface area contributed by atoms with Gasteiger partial charge < -0.3 is 193 Å². The molecule has 576 valence electrons. The summed E-state index contributed by atoms with van der Waals surface area (Å²) in [6, 6.07) is 3.06. The van der Waals surface area contributed by atoms with Crippen LogP contribution in [0.25, 0.3) is 0 Å². The van der Waals surface area contributed by atoms with E-state index in [-0.39, 0.29) is 16.0 Å². The molecule has 0 saturated carbocycles. The third-order valence-electron chi connectivity index (χ3n) is 19.0. The van der Waals surface area contributed by atoms with E-state index >= 15 is 0 Å². The lowest BCUT2D eigenvalue weighted by Crippen LogP contribution is -2.69. The molecule has 1 aromatic carbocycles. The average molecular weight is 1480 g/mol. The van der Waals surface area contributed by atoms with E-state index in [9.17, 15) is 126 Å². The molecular weight excluding hydrogens is 1390 g/mol. The van der Waals surface area contributed by atoms with E-state index in [4.69, 9.17) is 80.0 Å². The quantitative estimate of drug-likeness (QED) is 0.0915. The zero-order valence-corrected chi connectivity index (χ0v) is 54.2. The highest BCUT2D eigenvalue weighted by atomic mass is 32.2. The first-order chi connectivity index (χ1) is 47.4. The first-order valence-corrected chi connectivity index (χ1v) is 33.4. The maximum atomic E-state index is 14.0. The summed E-state index contributed by atoms with van der Waals surface area (Å²) in [6.07, 6.45) is -84.9. The Morgan fingerprint density at radius 1 is 0.270 bits per heavy atom. The fourth-order valence-corrected chi connectivity index (χ4v) is 15.0. The molecule has 23 N–H and O–H groups in total. The minimum atomic E-state index is -4.82. The highest BCUT2D eigenvalue weighted by molar-refractivity contribution is 7.86. The molecule has 31 rings (SSSR count). The van der Waals surface area contributed by atoms with Gasteiger partial charge in [-0.3, -0.25) is 4.18 Å². The number of aryl methyl sites for hydroxylation is 3. The zero-order valence-electron chi connectivity index (χ0n) is 53.4. The Labute approximate surface area is 567 Å². The van der Waals surface area contributed by atoms with Crippen LogP contribution in [0, 0.1) is 20.8 Å². The molecule has 30 saturated heterocycles. The van der Waals surface area contributed by atoms with Crippen LogP contribution >= 0.6 is 0 Å². The van der Waals surface area contributed by atoms with E-state index in [0.29, 0.717) is 5.56 Å². The van der Waals surface area contributed by atoms with Crippen LogP contribution in [0.1, 0.15) is 16.7 Å². The van der Waals surface area contributed by atoms with Crippen molar-refractivity contribution in [1.29, 1.82) is 0 Å². The Kier molecular flexibility index (Phi) is 26.7. The third kappa shape index (κ3) is 15.9. The molecule has 30 fully saturated rings. The van der Waals surface area contributed by atoms with Crippen LogP contribution in [-0.4, -0.2) is 424 Å². The molecule has 0 amide bonds. The molecule has 0 radical (unpaired) electrons. The van der Waals surface area contributed by atoms with Gasteiger partial charge in [0.15, 0.2) is 50.3 Å². The summed E-state index contributed by atoms with van der Waals surface area (Å²) >= 11 is 0. The van der Waals surface area contributed by atoms with Gasteiger partial charge in [0.1, 0.15) is 195 Å². The first kappa shape index (κ1) is 80.1. The van der Waals surface area contributed by atoms with Crippen LogP contribution in [0.15, 0.2) is 17.0 Å². The van der Waals surface area contributed by atoms with Gasteiger partial charge in [0, 0.05) is 0 Å². The second kappa shape index (κ2) is 33.4. The monoisotopic (exact) mass is 1480 g/mol. The molecule has 100 heavy (non-hydrogen) atoms. The minimum Gasteiger partial charge on any atom is -0.394 e. The van der Waals surface area contributed by atoms with Gasteiger partial charge in [0.2, 0.25) is 0 Å². The number of benzene rings is 1. The predicted molar refractivity (Wildman–Crippen MR) is 308 cm³/mol. The van der Waals surface area contributed by atoms with Crippen molar-refractivity contribution in [3.05, 3.63) is 28.8 Å². The zero-order chi connectivity index (χ0) is 73.0. The predicted octanol–water partition coefficient (Wildman–Crippen LogP) is -15.1. The lowest BCUT2D eigenvalue weighted by Gasteiger charge is -2.50. The first-order valence-electron chi connectivity index (χ1n) is 32.0. The molecule has 3 unspecified atom stereocenters. The molecule has 16 bridgehead atoms. The molecule has 43 heteroatoms. The lowest BCUT2D eigenvalue weighted by atomic mass is 9.94. The molecular formula is C57H90O42S. The van der Waals surface area contributed by atoms with Crippen molar-refractivity contribution < 1.29 is 206 Å². The van der Waals surface area contributed by atoms with Crippen molar-refractivity contribution in [2.24, 2.45) is 0 Å². The van der Waals surface area contributed by atoms with E-state index in [1.54, 1.807) is 6.92 Å². The molecule has 0 aliphatic carbocycles. The fraction of sp³-hybridized carbons (Fsp3) is 0.895. The summed E-state index contributed by atoms with van der Waals surface area (Å²) in [4.78, 5) is -0.306. The Balaban J connectivity index is 0.944. The number of ether oxygens (including phenoxy) is 16. The second-order valence-electron chi connectivity index (χ2n) is 25.7. The van der Waals surface area contributed by atoms with Gasteiger partial charge >= 0.3 is 0 Å². The number of hydrogen-bond acceptors (Lipinski definition) is 42. The molecule has 40 atom stereocenters. The maximum absolute atomic E-state index is 14.0. The van der Waals surface area contributed by atoms with Gasteiger partial charge in [-0.05, 0) is 31.9 Å². The summed E-state index contributed by atoms with van der Waals surface area (Å²) < 4.78 is 126. The Hall–Kier alpha value is -2.43. The van der Waals surface area contributed by atoms with Crippen LogP contribution in [-0.2, 0) is 90.1 Å². The van der Waals surface area contributed by atoms with E-state index in [1.165, 1.54) is 26.0 Å². The largest absolute Gasteiger partial charge is 0.394 e. The number of aliphatic hydroxyl groups is 23. The van der Waals surface area contributed by atoms with E-state index < -0.39 is 309 Å². The topological polar surface area (TPSA) is 656 Å². The van der Waals surface area contributed by atoms with Crippen molar-refractivity contribution in [1.82, 2.24) is 0 Å². The molecule has 0 aromatic heterocycles. The molecule has 42 nitrogen and oxygen atoms in total. The Morgan fingerprint density at radius 3 is 0.600 bits per heavy atom. The molecule has 30 aliphatic heterocycles. The lowest BCUT2D eigenvalue weighted by molar-refractivity contribution is -0.404. The van der Waals surface area contributed by atoms with Crippen LogP contribution in [0.5, 0.6) is 0 Å². The van der Waals surface area contributed by atoms with Crippen LogP contribution < -0.4 is 0 Å². The fourth-order valence-electron chi connectivity index (χ4n) is 13.7. The van der Waals surface area contributed by atoms with Crippen molar-refractivity contribution in [3.8, 4) is 0 Å². The average Bonchev–Trinajstić information content (AvgIpc) is 0.784. The van der Waals surface area contributed by atoms with E-state index in [0.717, 1.165) is 0 Å².